The van der Waals surface area contributed by atoms with Gasteiger partial charge in [-0.25, -0.2) is 0 Å². The first kappa shape index (κ1) is 16.3. The Morgan fingerprint density at radius 1 is 1.10 bits per heavy atom. The number of nitro groups is 2. The summed E-state index contributed by atoms with van der Waals surface area (Å²) < 4.78 is 0. The van der Waals surface area contributed by atoms with Gasteiger partial charge in [0.1, 0.15) is 0 Å². The van der Waals surface area contributed by atoms with E-state index in [0.29, 0.717) is 0 Å². The van der Waals surface area contributed by atoms with Crippen molar-refractivity contribution in [3.05, 3.63) is 20.2 Å². The molecule has 0 spiro atoms. The number of rotatable bonds is 8. The lowest BCUT2D eigenvalue weighted by Gasteiger charge is -2.22. The molecule has 1 rings (SSSR count). The van der Waals surface area contributed by atoms with E-state index in [1.165, 1.54) is 6.42 Å². The van der Waals surface area contributed by atoms with Gasteiger partial charge < -0.3 is 5.32 Å². The summed E-state index contributed by atoms with van der Waals surface area (Å²) in [5, 5.41) is 23.8. The second kappa shape index (κ2) is 8.44. The van der Waals surface area contributed by atoms with Crippen LogP contribution in [-0.4, -0.2) is 34.9 Å². The highest BCUT2D eigenvalue weighted by Gasteiger charge is 2.23. The molecule has 1 N–H and O–H groups in total. The smallest absolute Gasteiger partial charge is 0.220 e. The molecule has 8 nitrogen and oxygen atoms in total. The Morgan fingerprint density at radius 3 is 2.15 bits per heavy atom. The fourth-order valence-corrected chi connectivity index (χ4v) is 2.54. The van der Waals surface area contributed by atoms with Crippen LogP contribution < -0.4 is 5.32 Å². The van der Waals surface area contributed by atoms with Crippen LogP contribution in [0.3, 0.4) is 0 Å². The van der Waals surface area contributed by atoms with E-state index in [-0.39, 0.29) is 24.8 Å². The maximum atomic E-state index is 11.7. The van der Waals surface area contributed by atoms with Crippen molar-refractivity contribution in [1.29, 1.82) is 0 Å². The SMILES string of the molecule is O=C(CCC(C[N+](=O)[O-])C[N+](=O)[O-])NC1CCCCC1. The Balaban J connectivity index is 2.31. The van der Waals surface area contributed by atoms with Crippen LogP contribution >= 0.6 is 0 Å². The van der Waals surface area contributed by atoms with E-state index in [0.717, 1.165) is 25.7 Å². The molecule has 1 fully saturated rings. The lowest BCUT2D eigenvalue weighted by Crippen LogP contribution is -2.36. The number of nitrogens with one attached hydrogen (secondary N) is 1. The molecule has 0 aromatic carbocycles. The van der Waals surface area contributed by atoms with Gasteiger partial charge in [-0.05, 0) is 19.3 Å². The Hall–Kier alpha value is -1.73. The van der Waals surface area contributed by atoms with E-state index in [2.05, 4.69) is 5.32 Å². The zero-order chi connectivity index (χ0) is 15.0. The van der Waals surface area contributed by atoms with Crippen LogP contribution in [0.1, 0.15) is 44.9 Å². The summed E-state index contributed by atoms with van der Waals surface area (Å²) in [6, 6.07) is 0.195. The monoisotopic (exact) mass is 287 g/mol. The molecule has 1 aliphatic carbocycles. The third-order valence-corrected chi connectivity index (χ3v) is 3.56. The van der Waals surface area contributed by atoms with Crippen molar-refractivity contribution in [1.82, 2.24) is 5.32 Å². The van der Waals surface area contributed by atoms with Crippen molar-refractivity contribution < 1.29 is 14.6 Å². The largest absolute Gasteiger partial charge is 0.353 e. The van der Waals surface area contributed by atoms with Crippen LogP contribution in [0.25, 0.3) is 0 Å². The van der Waals surface area contributed by atoms with E-state index < -0.39 is 28.9 Å². The van der Waals surface area contributed by atoms with Gasteiger partial charge in [0.25, 0.3) is 0 Å². The van der Waals surface area contributed by atoms with Crippen LogP contribution in [0.4, 0.5) is 0 Å². The summed E-state index contributed by atoms with van der Waals surface area (Å²) in [6.07, 6.45) is 5.65. The highest BCUT2D eigenvalue weighted by molar-refractivity contribution is 5.76. The highest BCUT2D eigenvalue weighted by atomic mass is 16.6. The molecule has 1 aliphatic rings. The molecule has 0 saturated heterocycles. The third kappa shape index (κ3) is 7.01. The van der Waals surface area contributed by atoms with Crippen LogP contribution in [-0.2, 0) is 4.79 Å². The molecule has 0 unspecified atom stereocenters. The van der Waals surface area contributed by atoms with E-state index >= 15 is 0 Å². The first-order chi connectivity index (χ1) is 9.47. The predicted octanol–water partition coefficient (Wildman–Crippen LogP) is 1.39. The predicted molar refractivity (Wildman–Crippen MR) is 71.5 cm³/mol. The van der Waals surface area contributed by atoms with E-state index in [1.807, 2.05) is 0 Å². The van der Waals surface area contributed by atoms with Gasteiger partial charge in [-0.3, -0.25) is 25.0 Å². The number of hydrogen-bond acceptors (Lipinski definition) is 5. The van der Waals surface area contributed by atoms with Crippen LogP contribution in [0, 0.1) is 26.1 Å². The molecule has 20 heavy (non-hydrogen) atoms. The minimum Gasteiger partial charge on any atom is -0.353 e. The zero-order valence-corrected chi connectivity index (χ0v) is 11.5. The van der Waals surface area contributed by atoms with E-state index in [9.17, 15) is 25.0 Å². The van der Waals surface area contributed by atoms with Crippen molar-refractivity contribution in [2.75, 3.05) is 13.1 Å². The highest BCUT2D eigenvalue weighted by Crippen LogP contribution is 2.17. The van der Waals surface area contributed by atoms with E-state index in [4.69, 9.17) is 0 Å². The molecule has 1 saturated carbocycles. The van der Waals surface area contributed by atoms with Gasteiger partial charge >= 0.3 is 0 Å². The topological polar surface area (TPSA) is 115 Å². The Bertz CT molecular complexity index is 339. The van der Waals surface area contributed by atoms with Crippen LogP contribution in [0.15, 0.2) is 0 Å². The standard InChI is InChI=1S/C12H21N3O5/c16-12(13-11-4-2-1-3-5-11)7-6-10(8-14(17)18)9-15(19)20/h10-11H,1-9H2,(H,13,16). The molecule has 0 bridgehead atoms. The van der Waals surface area contributed by atoms with Crippen molar-refractivity contribution in [3.63, 3.8) is 0 Å². The van der Waals surface area contributed by atoms with Gasteiger partial charge in [0.2, 0.25) is 19.0 Å². The molecule has 114 valence electrons. The number of hydrogen-bond donors (Lipinski definition) is 1. The van der Waals surface area contributed by atoms with Gasteiger partial charge in [-0.2, -0.15) is 0 Å². The molecule has 0 heterocycles. The van der Waals surface area contributed by atoms with Crippen LogP contribution in [0.2, 0.25) is 0 Å². The van der Waals surface area contributed by atoms with Gasteiger partial charge in [-0.15, -0.1) is 0 Å². The molecular weight excluding hydrogens is 266 g/mol. The Labute approximate surface area is 117 Å². The van der Waals surface area contributed by atoms with Gasteiger partial charge in [0.15, 0.2) is 0 Å². The van der Waals surface area contributed by atoms with Crippen molar-refractivity contribution >= 4 is 5.91 Å². The zero-order valence-electron chi connectivity index (χ0n) is 11.5. The van der Waals surface area contributed by atoms with Crippen molar-refractivity contribution in [2.45, 2.75) is 51.0 Å². The minimum atomic E-state index is -0.683. The van der Waals surface area contributed by atoms with Gasteiger partial charge in [0.05, 0.1) is 5.92 Å². The minimum absolute atomic E-state index is 0.114. The maximum Gasteiger partial charge on any atom is 0.220 e. The quantitative estimate of drug-likeness (QED) is 0.535. The van der Waals surface area contributed by atoms with Gasteiger partial charge in [-0.1, -0.05) is 19.3 Å². The Kier molecular flexibility index (Phi) is 6.89. The van der Waals surface area contributed by atoms with Gasteiger partial charge in [0, 0.05) is 22.3 Å². The molecule has 0 aromatic rings. The number of carbonyl (C=O) groups is 1. The van der Waals surface area contributed by atoms with Crippen molar-refractivity contribution in [3.8, 4) is 0 Å². The summed E-state index contributed by atoms with van der Waals surface area (Å²) in [5.74, 6) is -0.842. The average Bonchev–Trinajstić information content (AvgIpc) is 2.36. The molecule has 0 radical (unpaired) electrons. The first-order valence-electron chi connectivity index (χ1n) is 7.00. The molecule has 0 aliphatic heterocycles. The third-order valence-electron chi connectivity index (χ3n) is 3.56. The van der Waals surface area contributed by atoms with Crippen LogP contribution in [0.5, 0.6) is 0 Å². The number of carbonyl (C=O) groups excluding carboxylic acids is 1. The van der Waals surface area contributed by atoms with E-state index in [1.54, 1.807) is 0 Å². The molecule has 1 amide bonds. The summed E-state index contributed by atoms with van der Waals surface area (Å²) in [7, 11) is 0. The fourth-order valence-electron chi connectivity index (χ4n) is 2.54. The normalized spacial score (nSPS) is 16.1. The second-order valence-corrected chi connectivity index (χ2v) is 5.34. The number of amides is 1. The first-order valence-corrected chi connectivity index (χ1v) is 7.00. The van der Waals surface area contributed by atoms with Crippen molar-refractivity contribution in [2.24, 2.45) is 5.92 Å². The molecule has 0 atom stereocenters. The number of nitrogens with zero attached hydrogens (tertiary/aromatic N) is 2. The fraction of sp³-hybridized carbons (Fsp3) is 0.917. The average molecular weight is 287 g/mol. The summed E-state index contributed by atoms with van der Waals surface area (Å²) in [5.41, 5.74) is 0. The lowest BCUT2D eigenvalue weighted by molar-refractivity contribution is -0.524. The molecular formula is C12H21N3O5. The summed E-state index contributed by atoms with van der Waals surface area (Å²) >= 11 is 0. The lowest BCUT2D eigenvalue weighted by atomic mass is 9.95. The second-order valence-electron chi connectivity index (χ2n) is 5.34. The summed E-state index contributed by atoms with van der Waals surface area (Å²) in [6.45, 7) is -0.921. The summed E-state index contributed by atoms with van der Waals surface area (Å²) in [4.78, 5) is 31.5. The molecule has 8 heteroatoms. The molecule has 0 aromatic heterocycles. The Morgan fingerprint density at radius 2 is 1.65 bits per heavy atom. The maximum absolute atomic E-state index is 11.7.